The SMILES string of the molecule is CCCOc1cccc(C(NC)C2CCOC2)c1. The van der Waals surface area contributed by atoms with Gasteiger partial charge in [0.15, 0.2) is 0 Å². The van der Waals surface area contributed by atoms with Crippen molar-refractivity contribution in [3.05, 3.63) is 29.8 Å². The molecule has 1 heterocycles. The molecule has 1 aliphatic heterocycles. The molecule has 1 N–H and O–H groups in total. The third-order valence-electron chi connectivity index (χ3n) is 3.44. The van der Waals surface area contributed by atoms with Crippen molar-refractivity contribution in [2.45, 2.75) is 25.8 Å². The molecule has 0 aromatic heterocycles. The number of nitrogens with one attached hydrogen (secondary N) is 1. The molecule has 0 spiro atoms. The Bertz CT molecular complexity index is 361. The molecule has 0 radical (unpaired) electrons. The van der Waals surface area contributed by atoms with Gasteiger partial charge in [-0.3, -0.25) is 0 Å². The summed E-state index contributed by atoms with van der Waals surface area (Å²) in [6, 6.07) is 8.77. The first kappa shape index (κ1) is 13.4. The summed E-state index contributed by atoms with van der Waals surface area (Å²) in [5, 5.41) is 3.41. The average Bonchev–Trinajstić information content (AvgIpc) is 2.92. The quantitative estimate of drug-likeness (QED) is 0.841. The largest absolute Gasteiger partial charge is 0.494 e. The highest BCUT2D eigenvalue weighted by Crippen LogP contribution is 2.30. The van der Waals surface area contributed by atoms with Crippen molar-refractivity contribution in [3.63, 3.8) is 0 Å². The van der Waals surface area contributed by atoms with Gasteiger partial charge in [0.25, 0.3) is 0 Å². The van der Waals surface area contributed by atoms with E-state index in [9.17, 15) is 0 Å². The smallest absolute Gasteiger partial charge is 0.119 e. The molecule has 0 amide bonds. The monoisotopic (exact) mass is 249 g/mol. The Balaban J connectivity index is 2.09. The van der Waals surface area contributed by atoms with E-state index in [1.54, 1.807) is 0 Å². The van der Waals surface area contributed by atoms with Gasteiger partial charge in [0, 0.05) is 18.6 Å². The molecule has 3 nitrogen and oxygen atoms in total. The van der Waals surface area contributed by atoms with Crippen LogP contribution in [0, 0.1) is 5.92 Å². The van der Waals surface area contributed by atoms with Crippen LogP contribution in [0.2, 0.25) is 0 Å². The summed E-state index contributed by atoms with van der Waals surface area (Å²) >= 11 is 0. The molecule has 1 aromatic carbocycles. The maximum atomic E-state index is 5.69. The lowest BCUT2D eigenvalue weighted by Gasteiger charge is -2.22. The second-order valence-electron chi connectivity index (χ2n) is 4.81. The maximum Gasteiger partial charge on any atom is 0.119 e. The Kier molecular flexibility index (Phi) is 5.02. The Morgan fingerprint density at radius 3 is 3.06 bits per heavy atom. The summed E-state index contributed by atoms with van der Waals surface area (Å²) in [4.78, 5) is 0. The van der Waals surface area contributed by atoms with Crippen LogP contribution in [0.25, 0.3) is 0 Å². The minimum Gasteiger partial charge on any atom is -0.494 e. The van der Waals surface area contributed by atoms with E-state index in [4.69, 9.17) is 9.47 Å². The molecule has 0 bridgehead atoms. The average molecular weight is 249 g/mol. The van der Waals surface area contributed by atoms with Crippen molar-refractivity contribution >= 4 is 0 Å². The standard InChI is InChI=1S/C15H23NO2/c1-3-8-18-14-6-4-5-12(10-14)15(16-2)13-7-9-17-11-13/h4-6,10,13,15-16H,3,7-9,11H2,1-2H3. The van der Waals surface area contributed by atoms with Crippen LogP contribution in [0.15, 0.2) is 24.3 Å². The van der Waals surface area contributed by atoms with Gasteiger partial charge in [-0.15, -0.1) is 0 Å². The number of benzene rings is 1. The molecular weight excluding hydrogens is 226 g/mol. The van der Waals surface area contributed by atoms with Crippen molar-refractivity contribution < 1.29 is 9.47 Å². The van der Waals surface area contributed by atoms with Crippen molar-refractivity contribution in [3.8, 4) is 5.75 Å². The lowest BCUT2D eigenvalue weighted by Crippen LogP contribution is -2.25. The summed E-state index contributed by atoms with van der Waals surface area (Å²) in [5.41, 5.74) is 1.29. The Hall–Kier alpha value is -1.06. The van der Waals surface area contributed by atoms with E-state index in [-0.39, 0.29) is 0 Å². The van der Waals surface area contributed by atoms with Crippen LogP contribution in [0.1, 0.15) is 31.4 Å². The fourth-order valence-electron chi connectivity index (χ4n) is 2.51. The van der Waals surface area contributed by atoms with E-state index in [1.807, 2.05) is 13.1 Å². The van der Waals surface area contributed by atoms with E-state index < -0.39 is 0 Å². The molecular formula is C15H23NO2. The van der Waals surface area contributed by atoms with Crippen molar-refractivity contribution in [2.75, 3.05) is 26.9 Å². The lowest BCUT2D eigenvalue weighted by molar-refractivity contribution is 0.177. The number of hydrogen-bond acceptors (Lipinski definition) is 3. The predicted octanol–water partition coefficient (Wildman–Crippen LogP) is 2.77. The molecule has 1 aliphatic rings. The van der Waals surface area contributed by atoms with Gasteiger partial charge in [-0.1, -0.05) is 19.1 Å². The van der Waals surface area contributed by atoms with Crippen LogP contribution < -0.4 is 10.1 Å². The number of hydrogen-bond donors (Lipinski definition) is 1. The molecule has 2 unspecified atom stereocenters. The van der Waals surface area contributed by atoms with Gasteiger partial charge in [0.1, 0.15) is 5.75 Å². The van der Waals surface area contributed by atoms with E-state index in [1.165, 1.54) is 5.56 Å². The summed E-state index contributed by atoms with van der Waals surface area (Å²) in [6.45, 7) is 4.64. The molecule has 0 saturated carbocycles. The second kappa shape index (κ2) is 6.76. The predicted molar refractivity (Wildman–Crippen MR) is 73.0 cm³/mol. The first-order valence-corrected chi connectivity index (χ1v) is 6.83. The fraction of sp³-hybridized carbons (Fsp3) is 0.600. The first-order valence-electron chi connectivity index (χ1n) is 6.83. The summed E-state index contributed by atoms with van der Waals surface area (Å²) < 4.78 is 11.2. The highest BCUT2D eigenvalue weighted by atomic mass is 16.5. The summed E-state index contributed by atoms with van der Waals surface area (Å²) in [7, 11) is 2.02. The van der Waals surface area contributed by atoms with E-state index >= 15 is 0 Å². The van der Waals surface area contributed by atoms with E-state index in [0.717, 1.165) is 38.4 Å². The lowest BCUT2D eigenvalue weighted by atomic mass is 9.92. The number of rotatable bonds is 6. The summed E-state index contributed by atoms with van der Waals surface area (Å²) in [6.07, 6.45) is 2.17. The van der Waals surface area contributed by atoms with Gasteiger partial charge < -0.3 is 14.8 Å². The molecule has 1 saturated heterocycles. The van der Waals surface area contributed by atoms with Crippen LogP contribution >= 0.6 is 0 Å². The van der Waals surface area contributed by atoms with Crippen LogP contribution in [0.3, 0.4) is 0 Å². The van der Waals surface area contributed by atoms with Crippen LogP contribution in [0.4, 0.5) is 0 Å². The molecule has 2 atom stereocenters. The first-order chi connectivity index (χ1) is 8.85. The second-order valence-corrected chi connectivity index (χ2v) is 4.81. The molecule has 1 fully saturated rings. The highest BCUT2D eigenvalue weighted by Gasteiger charge is 2.25. The summed E-state index contributed by atoms with van der Waals surface area (Å²) in [5.74, 6) is 1.53. The van der Waals surface area contributed by atoms with Crippen molar-refractivity contribution in [2.24, 2.45) is 5.92 Å². The molecule has 100 valence electrons. The maximum absolute atomic E-state index is 5.69. The zero-order valence-electron chi connectivity index (χ0n) is 11.3. The topological polar surface area (TPSA) is 30.5 Å². The van der Waals surface area contributed by atoms with Crippen LogP contribution in [-0.4, -0.2) is 26.9 Å². The van der Waals surface area contributed by atoms with Crippen molar-refractivity contribution in [1.29, 1.82) is 0 Å². The normalized spacial score (nSPS) is 20.9. The Labute approximate surface area is 109 Å². The van der Waals surface area contributed by atoms with Gasteiger partial charge in [-0.25, -0.2) is 0 Å². The third-order valence-corrected chi connectivity index (χ3v) is 3.44. The number of ether oxygens (including phenoxy) is 2. The molecule has 2 rings (SSSR count). The van der Waals surface area contributed by atoms with Crippen LogP contribution in [0.5, 0.6) is 5.75 Å². The van der Waals surface area contributed by atoms with Crippen LogP contribution in [-0.2, 0) is 4.74 Å². The van der Waals surface area contributed by atoms with Gasteiger partial charge in [-0.2, -0.15) is 0 Å². The Morgan fingerprint density at radius 2 is 2.39 bits per heavy atom. The Morgan fingerprint density at radius 1 is 1.50 bits per heavy atom. The zero-order valence-corrected chi connectivity index (χ0v) is 11.3. The van der Waals surface area contributed by atoms with Gasteiger partial charge >= 0.3 is 0 Å². The highest BCUT2D eigenvalue weighted by molar-refractivity contribution is 5.31. The molecule has 0 aliphatic carbocycles. The molecule has 3 heteroatoms. The fourth-order valence-corrected chi connectivity index (χ4v) is 2.51. The van der Waals surface area contributed by atoms with Gasteiger partial charge in [-0.05, 0) is 37.6 Å². The molecule has 1 aromatic rings. The minimum atomic E-state index is 0.359. The third kappa shape index (κ3) is 3.24. The van der Waals surface area contributed by atoms with Gasteiger partial charge in [0.05, 0.1) is 13.2 Å². The minimum absolute atomic E-state index is 0.359. The van der Waals surface area contributed by atoms with Gasteiger partial charge in [0.2, 0.25) is 0 Å². The molecule has 18 heavy (non-hydrogen) atoms. The van der Waals surface area contributed by atoms with E-state index in [0.29, 0.717) is 12.0 Å². The zero-order chi connectivity index (χ0) is 12.8. The van der Waals surface area contributed by atoms with Crippen molar-refractivity contribution in [1.82, 2.24) is 5.32 Å². The van der Waals surface area contributed by atoms with E-state index in [2.05, 4.69) is 30.4 Å².